The van der Waals surface area contributed by atoms with Crippen LogP contribution in [0.15, 0.2) is 29.6 Å². The Hall–Kier alpha value is -1.39. The molecule has 0 saturated heterocycles. The van der Waals surface area contributed by atoms with Gasteiger partial charge in [-0.05, 0) is 12.1 Å². The second kappa shape index (κ2) is 5.09. The molecule has 1 aromatic carbocycles. The van der Waals surface area contributed by atoms with Crippen LogP contribution < -0.4 is 0 Å². The molecule has 81 valence electrons. The highest BCUT2D eigenvalue weighted by Crippen LogP contribution is 2.26. The quantitative estimate of drug-likeness (QED) is 0.840. The lowest BCUT2D eigenvalue weighted by atomic mass is 10.2. The maximum atomic E-state index is 9.91. The molecule has 0 bridgehead atoms. The molecule has 16 heavy (non-hydrogen) atoms. The lowest BCUT2D eigenvalue weighted by molar-refractivity contribution is 0.264. The third-order valence-corrected chi connectivity index (χ3v) is 3.08. The highest BCUT2D eigenvalue weighted by Gasteiger charge is 2.05. The number of rotatable bonds is 4. The van der Waals surface area contributed by atoms with Gasteiger partial charge in [-0.15, -0.1) is 11.3 Å². The van der Waals surface area contributed by atoms with Crippen molar-refractivity contribution in [3.8, 4) is 10.6 Å². The van der Waals surface area contributed by atoms with Gasteiger partial charge >= 0.3 is 6.47 Å². The lowest BCUT2D eigenvalue weighted by Gasteiger charge is -1.96. The molecule has 1 radical (unpaired) electrons. The van der Waals surface area contributed by atoms with E-state index < -0.39 is 0 Å². The molecule has 2 rings (SSSR count). The first-order chi connectivity index (χ1) is 7.79. The summed E-state index contributed by atoms with van der Waals surface area (Å²) < 4.78 is 4.51. The van der Waals surface area contributed by atoms with Gasteiger partial charge in [-0.3, -0.25) is 0 Å². The van der Waals surface area contributed by atoms with Crippen molar-refractivity contribution in [2.24, 2.45) is 0 Å². The molecule has 0 atom stereocenters. The average Bonchev–Trinajstić information content (AvgIpc) is 2.75. The highest BCUT2D eigenvalue weighted by atomic mass is 35.5. The van der Waals surface area contributed by atoms with E-state index >= 15 is 0 Å². The number of hydrogen-bond acceptors (Lipinski definition) is 4. The molecule has 0 N–H and O–H groups in total. The van der Waals surface area contributed by atoms with Crippen LogP contribution in [0.25, 0.3) is 10.6 Å². The monoisotopic (exact) mass is 252 g/mol. The average molecular weight is 253 g/mol. The van der Waals surface area contributed by atoms with Crippen molar-refractivity contribution < 1.29 is 9.53 Å². The van der Waals surface area contributed by atoms with Crippen molar-refractivity contribution in [2.75, 3.05) is 0 Å². The van der Waals surface area contributed by atoms with Gasteiger partial charge in [0.25, 0.3) is 0 Å². The smallest absolute Gasteiger partial charge is 0.417 e. The normalized spacial score (nSPS) is 10.1. The number of hydrogen-bond donors (Lipinski definition) is 0. The number of ether oxygens (including phenoxy) is 1. The van der Waals surface area contributed by atoms with E-state index in [0.717, 1.165) is 10.6 Å². The second-order valence-corrected chi connectivity index (χ2v) is 4.32. The summed E-state index contributed by atoms with van der Waals surface area (Å²) in [6, 6.07) is 7.45. The van der Waals surface area contributed by atoms with Crippen molar-refractivity contribution in [3.63, 3.8) is 0 Å². The summed E-state index contributed by atoms with van der Waals surface area (Å²) in [5, 5.41) is 3.37. The maximum Gasteiger partial charge on any atom is 0.417 e. The Morgan fingerprint density at radius 2 is 2.38 bits per heavy atom. The molecule has 3 nitrogen and oxygen atoms in total. The Kier molecular flexibility index (Phi) is 3.54. The van der Waals surface area contributed by atoms with E-state index in [-0.39, 0.29) is 6.61 Å². The summed E-state index contributed by atoms with van der Waals surface area (Å²) in [6.45, 7) is 1.52. The minimum atomic E-state index is 0.153. The third-order valence-electron chi connectivity index (χ3n) is 1.90. The van der Waals surface area contributed by atoms with Gasteiger partial charge in [0, 0.05) is 16.0 Å². The molecule has 0 spiro atoms. The van der Waals surface area contributed by atoms with Gasteiger partial charge in [0.05, 0.1) is 5.69 Å². The van der Waals surface area contributed by atoms with E-state index in [2.05, 4.69) is 9.72 Å². The molecule has 0 saturated carbocycles. The Bertz CT molecular complexity index is 498. The van der Waals surface area contributed by atoms with Crippen molar-refractivity contribution in [3.05, 3.63) is 40.4 Å². The van der Waals surface area contributed by atoms with Gasteiger partial charge in [-0.25, -0.2) is 9.78 Å². The van der Waals surface area contributed by atoms with Gasteiger partial charge in [-0.2, -0.15) is 0 Å². The van der Waals surface area contributed by atoms with Crippen LogP contribution in [0.5, 0.6) is 0 Å². The Morgan fingerprint density at radius 1 is 1.50 bits per heavy atom. The molecular formula is C11H7ClNO2S. The molecule has 0 fully saturated rings. The van der Waals surface area contributed by atoms with Crippen molar-refractivity contribution >= 4 is 29.4 Å². The van der Waals surface area contributed by atoms with Gasteiger partial charge in [-0.1, -0.05) is 23.7 Å². The van der Waals surface area contributed by atoms with Crippen LogP contribution >= 0.6 is 22.9 Å². The molecule has 1 heterocycles. The zero-order valence-corrected chi connectivity index (χ0v) is 9.72. The zero-order valence-electron chi connectivity index (χ0n) is 8.14. The largest absolute Gasteiger partial charge is 0.451 e. The molecule has 1 aromatic heterocycles. The minimum absolute atomic E-state index is 0.153. The van der Waals surface area contributed by atoms with Crippen molar-refractivity contribution in [2.45, 2.75) is 6.61 Å². The predicted molar refractivity (Wildman–Crippen MR) is 63.0 cm³/mol. The maximum absolute atomic E-state index is 9.91. The van der Waals surface area contributed by atoms with E-state index in [1.807, 2.05) is 29.6 Å². The van der Waals surface area contributed by atoms with E-state index in [4.69, 9.17) is 11.6 Å². The first-order valence-corrected chi connectivity index (χ1v) is 5.74. The van der Waals surface area contributed by atoms with Crippen LogP contribution in [0.1, 0.15) is 5.69 Å². The summed E-state index contributed by atoms with van der Waals surface area (Å²) in [5.74, 6) is 0. The standard InChI is InChI=1S/C11H7ClNO2S/c12-9-3-1-2-8(4-9)11-13-10(6-16-11)5-15-7-14/h1-4,6H,5H2. The summed E-state index contributed by atoms with van der Waals surface area (Å²) in [5.41, 5.74) is 1.67. The summed E-state index contributed by atoms with van der Waals surface area (Å²) in [6.07, 6.45) is 0. The minimum Gasteiger partial charge on any atom is -0.451 e. The number of benzene rings is 1. The highest BCUT2D eigenvalue weighted by molar-refractivity contribution is 7.13. The number of carbonyl (C=O) groups excluding carboxylic acids is 1. The van der Waals surface area contributed by atoms with E-state index in [9.17, 15) is 4.79 Å². The van der Waals surface area contributed by atoms with Crippen LogP contribution in [0, 0.1) is 0 Å². The lowest BCUT2D eigenvalue weighted by Crippen LogP contribution is -1.89. The Balaban J connectivity index is 2.21. The SMILES string of the molecule is O=[C]OCc1csc(-c2cccc(Cl)c2)n1. The number of nitrogens with zero attached hydrogens (tertiary/aromatic N) is 1. The number of halogens is 1. The van der Waals surface area contributed by atoms with Gasteiger partial charge in [0.15, 0.2) is 0 Å². The molecule has 0 aliphatic heterocycles. The van der Waals surface area contributed by atoms with E-state index in [1.54, 1.807) is 0 Å². The second-order valence-electron chi connectivity index (χ2n) is 3.03. The molecule has 0 unspecified atom stereocenters. The van der Waals surface area contributed by atoms with Crippen molar-refractivity contribution in [1.82, 2.24) is 4.98 Å². The third kappa shape index (κ3) is 2.59. The Labute approximate surface area is 102 Å². The molecule has 5 heteroatoms. The molecular weight excluding hydrogens is 246 g/mol. The van der Waals surface area contributed by atoms with Crippen LogP contribution in [0.4, 0.5) is 0 Å². The Morgan fingerprint density at radius 3 is 3.12 bits per heavy atom. The van der Waals surface area contributed by atoms with Gasteiger partial charge in [0.1, 0.15) is 11.6 Å². The number of thiazole rings is 1. The summed E-state index contributed by atoms with van der Waals surface area (Å²) >= 11 is 7.37. The molecule has 0 aliphatic rings. The molecule has 0 amide bonds. The fourth-order valence-electron chi connectivity index (χ4n) is 1.23. The molecule has 2 aromatic rings. The predicted octanol–water partition coefficient (Wildman–Crippen LogP) is 3.05. The van der Waals surface area contributed by atoms with Gasteiger partial charge < -0.3 is 4.74 Å². The van der Waals surface area contributed by atoms with E-state index in [1.165, 1.54) is 17.8 Å². The topological polar surface area (TPSA) is 39.2 Å². The van der Waals surface area contributed by atoms with Crippen LogP contribution in [-0.2, 0) is 16.1 Å². The first-order valence-electron chi connectivity index (χ1n) is 4.49. The van der Waals surface area contributed by atoms with Crippen LogP contribution in [0.2, 0.25) is 5.02 Å². The van der Waals surface area contributed by atoms with Crippen molar-refractivity contribution in [1.29, 1.82) is 0 Å². The fourth-order valence-corrected chi connectivity index (χ4v) is 2.22. The summed E-state index contributed by atoms with van der Waals surface area (Å²) in [7, 11) is 0. The van der Waals surface area contributed by atoms with Crippen LogP contribution in [-0.4, -0.2) is 11.5 Å². The molecule has 0 aliphatic carbocycles. The fraction of sp³-hybridized carbons (Fsp3) is 0.0909. The van der Waals surface area contributed by atoms with Crippen LogP contribution in [0.3, 0.4) is 0 Å². The van der Waals surface area contributed by atoms with E-state index in [0.29, 0.717) is 10.7 Å². The first kappa shape index (κ1) is 11.1. The van der Waals surface area contributed by atoms with Gasteiger partial charge in [0.2, 0.25) is 0 Å². The summed E-state index contributed by atoms with van der Waals surface area (Å²) in [4.78, 5) is 14.2. The number of aromatic nitrogens is 1. The zero-order chi connectivity index (χ0) is 11.4.